The van der Waals surface area contributed by atoms with Gasteiger partial charge in [-0.05, 0) is 17.3 Å². The van der Waals surface area contributed by atoms with Gasteiger partial charge in [0.1, 0.15) is 0 Å². The van der Waals surface area contributed by atoms with Gasteiger partial charge in [-0.25, -0.2) is 0 Å². The molecule has 0 aromatic carbocycles. The molecule has 0 radical (unpaired) electrons. The lowest BCUT2D eigenvalue weighted by molar-refractivity contribution is -0.129. The molecule has 84 valence electrons. The van der Waals surface area contributed by atoms with E-state index in [2.05, 4.69) is 34.6 Å². The number of hydrogen-bond donors (Lipinski definition) is 0. The van der Waals surface area contributed by atoms with Gasteiger partial charge in [0.25, 0.3) is 0 Å². The van der Waals surface area contributed by atoms with Crippen LogP contribution in [0.2, 0.25) is 0 Å². The minimum atomic E-state index is 0.207. The molecule has 0 N–H and O–H groups in total. The van der Waals surface area contributed by atoms with E-state index in [0.717, 1.165) is 6.42 Å². The van der Waals surface area contributed by atoms with E-state index in [4.69, 9.17) is 0 Å². The Balaban J connectivity index is 4.20. The average Bonchev–Trinajstić information content (AvgIpc) is 1.97. The maximum absolute atomic E-state index is 11.4. The van der Waals surface area contributed by atoms with Crippen LogP contribution in [0.3, 0.4) is 0 Å². The standard InChI is InChI=1S/C12H25NO/c1-11(2,3)12(4,5)9-8-10(14)13(6)7/h8-9H2,1-7H3. The zero-order chi connectivity index (χ0) is 11.6. The molecule has 2 heteroatoms. The van der Waals surface area contributed by atoms with E-state index in [-0.39, 0.29) is 16.7 Å². The van der Waals surface area contributed by atoms with Crippen LogP contribution in [0.5, 0.6) is 0 Å². The molecule has 0 saturated carbocycles. The van der Waals surface area contributed by atoms with Crippen LogP contribution in [0.4, 0.5) is 0 Å². The van der Waals surface area contributed by atoms with Crippen molar-refractivity contribution in [1.29, 1.82) is 0 Å². The van der Waals surface area contributed by atoms with Crippen molar-refractivity contribution in [3.63, 3.8) is 0 Å². The molecule has 0 atom stereocenters. The van der Waals surface area contributed by atoms with Crippen LogP contribution in [-0.4, -0.2) is 24.9 Å². The second-order valence-electron chi connectivity index (χ2n) is 5.92. The van der Waals surface area contributed by atoms with Crippen molar-refractivity contribution in [3.8, 4) is 0 Å². The Kier molecular flexibility index (Phi) is 4.16. The maximum Gasteiger partial charge on any atom is 0.222 e. The molecule has 2 nitrogen and oxygen atoms in total. The fraction of sp³-hybridized carbons (Fsp3) is 0.917. The zero-order valence-electron chi connectivity index (χ0n) is 10.8. The smallest absolute Gasteiger partial charge is 0.222 e. The van der Waals surface area contributed by atoms with Gasteiger partial charge in [0.05, 0.1) is 0 Å². The summed E-state index contributed by atoms with van der Waals surface area (Å²) >= 11 is 0. The second-order valence-corrected chi connectivity index (χ2v) is 5.92. The molecule has 0 spiro atoms. The number of hydrogen-bond acceptors (Lipinski definition) is 1. The van der Waals surface area contributed by atoms with Gasteiger partial charge in [-0.15, -0.1) is 0 Å². The Morgan fingerprint density at radius 3 is 1.79 bits per heavy atom. The Morgan fingerprint density at radius 1 is 1.07 bits per heavy atom. The SMILES string of the molecule is CN(C)C(=O)CCC(C)(C)C(C)(C)C. The Labute approximate surface area is 88.7 Å². The van der Waals surface area contributed by atoms with E-state index in [1.54, 1.807) is 4.90 Å². The van der Waals surface area contributed by atoms with Crippen LogP contribution in [0.25, 0.3) is 0 Å². The number of rotatable bonds is 3. The molecule has 0 unspecified atom stereocenters. The number of carbonyl (C=O) groups is 1. The summed E-state index contributed by atoms with van der Waals surface area (Å²) in [6.45, 7) is 11.2. The topological polar surface area (TPSA) is 20.3 Å². The van der Waals surface area contributed by atoms with Crippen LogP contribution in [0.15, 0.2) is 0 Å². The lowest BCUT2D eigenvalue weighted by atomic mass is 9.67. The molecule has 0 aliphatic carbocycles. The lowest BCUT2D eigenvalue weighted by Crippen LogP contribution is -2.32. The highest BCUT2D eigenvalue weighted by Crippen LogP contribution is 2.41. The largest absolute Gasteiger partial charge is 0.349 e. The normalized spacial score (nSPS) is 12.8. The molecule has 0 aromatic rings. The molecule has 0 heterocycles. The van der Waals surface area contributed by atoms with Gasteiger partial charge >= 0.3 is 0 Å². The molecule has 0 fully saturated rings. The van der Waals surface area contributed by atoms with Crippen LogP contribution in [-0.2, 0) is 4.79 Å². The first-order valence-corrected chi connectivity index (χ1v) is 5.28. The van der Waals surface area contributed by atoms with E-state index < -0.39 is 0 Å². The molecular weight excluding hydrogens is 174 g/mol. The average molecular weight is 199 g/mol. The maximum atomic E-state index is 11.4. The first kappa shape index (κ1) is 13.5. The predicted octanol–water partition coefficient (Wildman–Crippen LogP) is 2.93. The van der Waals surface area contributed by atoms with Gasteiger partial charge in [-0.3, -0.25) is 4.79 Å². The van der Waals surface area contributed by atoms with Crippen LogP contribution < -0.4 is 0 Å². The van der Waals surface area contributed by atoms with Crippen molar-refractivity contribution < 1.29 is 4.79 Å². The Morgan fingerprint density at radius 2 is 1.50 bits per heavy atom. The van der Waals surface area contributed by atoms with Crippen LogP contribution >= 0.6 is 0 Å². The minimum absolute atomic E-state index is 0.207. The highest BCUT2D eigenvalue weighted by atomic mass is 16.2. The van der Waals surface area contributed by atoms with Gasteiger partial charge in [0.2, 0.25) is 5.91 Å². The van der Waals surface area contributed by atoms with Crippen molar-refractivity contribution in [3.05, 3.63) is 0 Å². The summed E-state index contributed by atoms with van der Waals surface area (Å²) in [7, 11) is 3.62. The van der Waals surface area contributed by atoms with E-state index in [0.29, 0.717) is 6.42 Å². The summed E-state index contributed by atoms with van der Waals surface area (Å²) in [5.41, 5.74) is 0.457. The van der Waals surface area contributed by atoms with E-state index >= 15 is 0 Å². The van der Waals surface area contributed by atoms with Crippen molar-refractivity contribution in [2.75, 3.05) is 14.1 Å². The van der Waals surface area contributed by atoms with E-state index in [9.17, 15) is 4.79 Å². The van der Waals surface area contributed by atoms with Gasteiger partial charge in [0.15, 0.2) is 0 Å². The van der Waals surface area contributed by atoms with Crippen molar-refractivity contribution in [2.24, 2.45) is 10.8 Å². The fourth-order valence-electron chi connectivity index (χ4n) is 1.02. The molecule has 0 aliphatic rings. The summed E-state index contributed by atoms with van der Waals surface area (Å²) in [6, 6.07) is 0. The third-order valence-corrected chi connectivity index (χ3v) is 3.49. The van der Waals surface area contributed by atoms with Gasteiger partial charge in [-0.1, -0.05) is 34.6 Å². The van der Waals surface area contributed by atoms with Gasteiger partial charge < -0.3 is 4.90 Å². The second kappa shape index (κ2) is 4.33. The van der Waals surface area contributed by atoms with Crippen LogP contribution in [0.1, 0.15) is 47.5 Å². The van der Waals surface area contributed by atoms with Crippen molar-refractivity contribution in [1.82, 2.24) is 4.90 Å². The van der Waals surface area contributed by atoms with Crippen LogP contribution in [0, 0.1) is 10.8 Å². The molecule has 0 bridgehead atoms. The third kappa shape index (κ3) is 3.69. The van der Waals surface area contributed by atoms with E-state index in [1.807, 2.05) is 14.1 Å². The number of nitrogens with zero attached hydrogens (tertiary/aromatic N) is 1. The lowest BCUT2D eigenvalue weighted by Gasteiger charge is -2.39. The quantitative estimate of drug-likeness (QED) is 0.684. The Hall–Kier alpha value is -0.530. The zero-order valence-corrected chi connectivity index (χ0v) is 10.8. The molecule has 0 saturated heterocycles. The van der Waals surface area contributed by atoms with E-state index in [1.165, 1.54) is 0 Å². The molecule has 1 amide bonds. The molecular formula is C12H25NO. The first-order valence-electron chi connectivity index (χ1n) is 5.28. The van der Waals surface area contributed by atoms with Crippen molar-refractivity contribution >= 4 is 5.91 Å². The summed E-state index contributed by atoms with van der Waals surface area (Å²) in [6.07, 6.45) is 1.60. The summed E-state index contributed by atoms with van der Waals surface area (Å²) < 4.78 is 0. The molecule has 0 aromatic heterocycles. The fourth-order valence-corrected chi connectivity index (χ4v) is 1.02. The minimum Gasteiger partial charge on any atom is -0.349 e. The summed E-state index contributed by atoms with van der Waals surface area (Å²) in [4.78, 5) is 13.1. The predicted molar refractivity (Wildman–Crippen MR) is 61.2 cm³/mol. The highest BCUT2D eigenvalue weighted by molar-refractivity contribution is 5.75. The van der Waals surface area contributed by atoms with Crippen molar-refractivity contribution in [2.45, 2.75) is 47.5 Å². The number of amides is 1. The van der Waals surface area contributed by atoms with Gasteiger partial charge in [-0.2, -0.15) is 0 Å². The molecule has 0 aliphatic heterocycles. The molecule has 14 heavy (non-hydrogen) atoms. The summed E-state index contributed by atoms with van der Waals surface area (Å²) in [5.74, 6) is 0.224. The first-order chi connectivity index (χ1) is 6.08. The summed E-state index contributed by atoms with van der Waals surface area (Å²) in [5, 5.41) is 0. The molecule has 0 rings (SSSR count). The van der Waals surface area contributed by atoms with Gasteiger partial charge in [0, 0.05) is 20.5 Å². The monoisotopic (exact) mass is 199 g/mol. The number of carbonyl (C=O) groups excluding carboxylic acids is 1. The highest BCUT2D eigenvalue weighted by Gasteiger charge is 2.32. The Bertz CT molecular complexity index is 199. The third-order valence-electron chi connectivity index (χ3n) is 3.49.